The van der Waals surface area contributed by atoms with Crippen molar-refractivity contribution in [1.29, 1.82) is 0 Å². The van der Waals surface area contributed by atoms with E-state index in [0.717, 1.165) is 41.5 Å². The van der Waals surface area contributed by atoms with Crippen molar-refractivity contribution in [2.24, 2.45) is 0 Å². The van der Waals surface area contributed by atoms with E-state index in [1.54, 1.807) is 0 Å². The SMILES string of the molecule is CCCCC(=O)c1c[nH]c2ccc(OCCC)cc12. The molecule has 0 radical (unpaired) electrons. The lowest BCUT2D eigenvalue weighted by atomic mass is 10.0. The molecule has 0 saturated heterocycles. The molecule has 3 heteroatoms. The first-order valence-electron chi connectivity index (χ1n) is 7.03. The van der Waals surface area contributed by atoms with Gasteiger partial charge in [0, 0.05) is 29.1 Å². The van der Waals surface area contributed by atoms with Crippen molar-refractivity contribution in [1.82, 2.24) is 4.98 Å². The molecule has 0 spiro atoms. The summed E-state index contributed by atoms with van der Waals surface area (Å²) >= 11 is 0. The first-order valence-corrected chi connectivity index (χ1v) is 7.03. The van der Waals surface area contributed by atoms with Crippen molar-refractivity contribution in [3.05, 3.63) is 30.0 Å². The highest BCUT2D eigenvalue weighted by molar-refractivity contribution is 6.08. The molecule has 0 amide bonds. The van der Waals surface area contributed by atoms with Gasteiger partial charge in [-0.25, -0.2) is 0 Å². The molecular formula is C16H21NO2. The topological polar surface area (TPSA) is 42.1 Å². The Bertz CT molecular complexity index is 557. The molecule has 0 fully saturated rings. The van der Waals surface area contributed by atoms with Crippen LogP contribution in [0.4, 0.5) is 0 Å². The zero-order chi connectivity index (χ0) is 13.7. The van der Waals surface area contributed by atoms with Gasteiger partial charge in [-0.1, -0.05) is 20.3 Å². The van der Waals surface area contributed by atoms with Crippen LogP contribution in [-0.4, -0.2) is 17.4 Å². The standard InChI is InChI=1S/C16H21NO2/c1-3-5-6-16(18)14-11-17-15-8-7-12(10-13(14)15)19-9-4-2/h7-8,10-11,17H,3-6,9H2,1-2H3. The van der Waals surface area contributed by atoms with Crippen molar-refractivity contribution in [3.63, 3.8) is 0 Å². The Morgan fingerprint density at radius 3 is 2.84 bits per heavy atom. The molecule has 19 heavy (non-hydrogen) atoms. The minimum atomic E-state index is 0.209. The molecule has 102 valence electrons. The number of nitrogens with one attached hydrogen (secondary N) is 1. The number of benzene rings is 1. The number of unbranched alkanes of at least 4 members (excludes halogenated alkanes) is 1. The number of aromatic nitrogens is 1. The summed E-state index contributed by atoms with van der Waals surface area (Å²) in [5.41, 5.74) is 1.77. The molecule has 0 aliphatic rings. The lowest BCUT2D eigenvalue weighted by Crippen LogP contribution is -1.98. The summed E-state index contributed by atoms with van der Waals surface area (Å²) in [6.45, 7) is 4.88. The number of hydrogen-bond acceptors (Lipinski definition) is 2. The van der Waals surface area contributed by atoms with Gasteiger partial charge in [-0.2, -0.15) is 0 Å². The van der Waals surface area contributed by atoms with Crippen LogP contribution in [0.3, 0.4) is 0 Å². The molecule has 1 heterocycles. The molecule has 3 nitrogen and oxygen atoms in total. The highest BCUT2D eigenvalue weighted by Gasteiger charge is 2.12. The van der Waals surface area contributed by atoms with Crippen LogP contribution in [-0.2, 0) is 0 Å². The maximum atomic E-state index is 12.1. The number of ether oxygens (including phenoxy) is 1. The molecule has 0 atom stereocenters. The smallest absolute Gasteiger partial charge is 0.165 e. The first-order chi connectivity index (χ1) is 9.26. The summed E-state index contributed by atoms with van der Waals surface area (Å²) in [5.74, 6) is 1.04. The van der Waals surface area contributed by atoms with E-state index in [4.69, 9.17) is 4.74 Å². The van der Waals surface area contributed by atoms with Crippen LogP contribution in [0.15, 0.2) is 24.4 Å². The monoisotopic (exact) mass is 259 g/mol. The van der Waals surface area contributed by atoms with Gasteiger partial charge >= 0.3 is 0 Å². The van der Waals surface area contributed by atoms with E-state index in [2.05, 4.69) is 18.8 Å². The quantitative estimate of drug-likeness (QED) is 0.752. The Kier molecular flexibility index (Phi) is 4.61. The van der Waals surface area contributed by atoms with Crippen molar-refractivity contribution < 1.29 is 9.53 Å². The fourth-order valence-corrected chi connectivity index (χ4v) is 2.11. The van der Waals surface area contributed by atoms with Crippen molar-refractivity contribution in [2.45, 2.75) is 39.5 Å². The Balaban J connectivity index is 2.26. The molecule has 0 aliphatic heterocycles. The second-order valence-corrected chi connectivity index (χ2v) is 4.78. The van der Waals surface area contributed by atoms with E-state index < -0.39 is 0 Å². The Morgan fingerprint density at radius 2 is 2.11 bits per heavy atom. The summed E-state index contributed by atoms with van der Waals surface area (Å²) in [4.78, 5) is 15.3. The number of hydrogen-bond donors (Lipinski definition) is 1. The van der Waals surface area contributed by atoms with Gasteiger partial charge in [0.1, 0.15) is 5.75 Å². The maximum absolute atomic E-state index is 12.1. The summed E-state index contributed by atoms with van der Waals surface area (Å²) in [7, 11) is 0. The lowest BCUT2D eigenvalue weighted by Gasteiger charge is -2.05. The molecule has 0 unspecified atom stereocenters. The third kappa shape index (κ3) is 3.16. The van der Waals surface area contributed by atoms with E-state index in [1.165, 1.54) is 0 Å². The number of fused-ring (bicyclic) bond motifs is 1. The van der Waals surface area contributed by atoms with Crippen LogP contribution in [0.1, 0.15) is 49.9 Å². The molecule has 0 bridgehead atoms. The third-order valence-corrected chi connectivity index (χ3v) is 3.18. The number of aromatic amines is 1. The van der Waals surface area contributed by atoms with Gasteiger partial charge in [-0.15, -0.1) is 0 Å². The molecule has 0 saturated carbocycles. The minimum absolute atomic E-state index is 0.209. The number of Topliss-reactive ketones (excluding diaryl/α,β-unsaturated/α-hetero) is 1. The van der Waals surface area contributed by atoms with E-state index in [9.17, 15) is 4.79 Å². The fourth-order valence-electron chi connectivity index (χ4n) is 2.11. The summed E-state index contributed by atoms with van der Waals surface area (Å²) < 4.78 is 5.62. The summed E-state index contributed by atoms with van der Waals surface area (Å²) in [6, 6.07) is 5.87. The van der Waals surface area contributed by atoms with Gasteiger partial charge in [-0.05, 0) is 31.0 Å². The highest BCUT2D eigenvalue weighted by Crippen LogP contribution is 2.25. The van der Waals surface area contributed by atoms with Gasteiger partial charge in [0.25, 0.3) is 0 Å². The molecule has 1 aromatic carbocycles. The third-order valence-electron chi connectivity index (χ3n) is 3.18. The van der Waals surface area contributed by atoms with Crippen LogP contribution in [0.25, 0.3) is 10.9 Å². The van der Waals surface area contributed by atoms with E-state index in [1.807, 2.05) is 24.4 Å². The summed E-state index contributed by atoms with van der Waals surface area (Å²) in [6.07, 6.45) is 5.39. The molecular weight excluding hydrogens is 238 g/mol. The van der Waals surface area contributed by atoms with Crippen molar-refractivity contribution in [2.75, 3.05) is 6.61 Å². The largest absolute Gasteiger partial charge is 0.494 e. The molecule has 0 aliphatic carbocycles. The number of carbonyl (C=O) groups is 1. The molecule has 1 N–H and O–H groups in total. The van der Waals surface area contributed by atoms with Crippen molar-refractivity contribution >= 4 is 16.7 Å². The second-order valence-electron chi connectivity index (χ2n) is 4.78. The predicted octanol–water partition coefficient (Wildman–Crippen LogP) is 4.33. The number of rotatable bonds is 7. The minimum Gasteiger partial charge on any atom is -0.494 e. The van der Waals surface area contributed by atoms with Crippen LogP contribution in [0, 0.1) is 0 Å². The van der Waals surface area contributed by atoms with Gasteiger partial charge in [-0.3, -0.25) is 4.79 Å². The van der Waals surface area contributed by atoms with Crippen LogP contribution < -0.4 is 4.74 Å². The van der Waals surface area contributed by atoms with Crippen LogP contribution in [0.2, 0.25) is 0 Å². The Hall–Kier alpha value is -1.77. The second kappa shape index (κ2) is 6.41. The van der Waals surface area contributed by atoms with Gasteiger partial charge in [0.15, 0.2) is 5.78 Å². The zero-order valence-corrected chi connectivity index (χ0v) is 11.7. The zero-order valence-electron chi connectivity index (χ0n) is 11.7. The van der Waals surface area contributed by atoms with Gasteiger partial charge < -0.3 is 9.72 Å². The lowest BCUT2D eigenvalue weighted by molar-refractivity contribution is 0.0981. The van der Waals surface area contributed by atoms with Crippen LogP contribution >= 0.6 is 0 Å². The van der Waals surface area contributed by atoms with Crippen molar-refractivity contribution in [3.8, 4) is 5.75 Å². The Morgan fingerprint density at radius 1 is 1.26 bits per heavy atom. The average molecular weight is 259 g/mol. The normalized spacial score (nSPS) is 10.8. The highest BCUT2D eigenvalue weighted by atomic mass is 16.5. The first kappa shape index (κ1) is 13.7. The summed E-state index contributed by atoms with van der Waals surface area (Å²) in [5, 5.41) is 0.967. The van der Waals surface area contributed by atoms with E-state index in [0.29, 0.717) is 13.0 Å². The molecule has 2 rings (SSSR count). The maximum Gasteiger partial charge on any atom is 0.165 e. The number of carbonyl (C=O) groups excluding carboxylic acids is 1. The number of ketones is 1. The van der Waals surface area contributed by atoms with Crippen LogP contribution in [0.5, 0.6) is 5.75 Å². The van der Waals surface area contributed by atoms with E-state index in [-0.39, 0.29) is 5.78 Å². The fraction of sp³-hybridized carbons (Fsp3) is 0.438. The van der Waals surface area contributed by atoms with Gasteiger partial charge in [0.05, 0.1) is 6.61 Å². The predicted molar refractivity (Wildman–Crippen MR) is 77.9 cm³/mol. The Labute approximate surface area is 114 Å². The van der Waals surface area contributed by atoms with E-state index >= 15 is 0 Å². The molecule has 1 aromatic heterocycles. The van der Waals surface area contributed by atoms with Gasteiger partial charge in [0.2, 0.25) is 0 Å². The average Bonchev–Trinajstić information content (AvgIpc) is 2.85. The number of H-pyrrole nitrogens is 1. The molecule has 2 aromatic rings.